The largest absolute Gasteiger partial charge is 0.478 e. The van der Waals surface area contributed by atoms with Gasteiger partial charge in [-0.3, -0.25) is 0 Å². The molecule has 0 aliphatic rings. The fourth-order valence-electron chi connectivity index (χ4n) is 0.622. The summed E-state index contributed by atoms with van der Waals surface area (Å²) in [5.74, 6) is -0.956. The van der Waals surface area contributed by atoms with Crippen molar-refractivity contribution in [1.82, 2.24) is 0 Å². The molecule has 1 N–H and O–H groups in total. The maximum absolute atomic E-state index is 10.3. The quantitative estimate of drug-likeness (QED) is 0.771. The second-order valence-corrected chi connectivity index (χ2v) is 2.25. The minimum Gasteiger partial charge on any atom is -0.478 e. The van der Waals surface area contributed by atoms with Gasteiger partial charge in [-0.15, -0.1) is 0 Å². The number of aromatic carboxylic acids is 1. The third-order valence-electron chi connectivity index (χ3n) is 1.07. The SMILES string of the molecule is O=C(O)c1cccc(Cl)c1.[Pb]. The number of benzene rings is 1. The Morgan fingerprint density at radius 2 is 2.09 bits per heavy atom. The van der Waals surface area contributed by atoms with E-state index in [2.05, 4.69) is 0 Å². The second kappa shape index (κ2) is 4.71. The molecule has 0 atom stereocenters. The van der Waals surface area contributed by atoms with Gasteiger partial charge in [-0.05, 0) is 18.2 Å². The third kappa shape index (κ3) is 3.20. The van der Waals surface area contributed by atoms with E-state index >= 15 is 0 Å². The van der Waals surface area contributed by atoms with E-state index in [4.69, 9.17) is 16.7 Å². The topological polar surface area (TPSA) is 37.3 Å². The van der Waals surface area contributed by atoms with Gasteiger partial charge in [0.05, 0.1) is 5.56 Å². The van der Waals surface area contributed by atoms with Crippen LogP contribution >= 0.6 is 11.6 Å². The van der Waals surface area contributed by atoms with E-state index in [1.807, 2.05) is 0 Å². The summed E-state index contributed by atoms with van der Waals surface area (Å²) < 4.78 is 0. The average molecular weight is 364 g/mol. The van der Waals surface area contributed by atoms with Crippen LogP contribution in [0.2, 0.25) is 5.02 Å². The first-order valence-electron chi connectivity index (χ1n) is 2.69. The Morgan fingerprint density at radius 3 is 2.45 bits per heavy atom. The molecular formula is C7H5ClO2Pb. The van der Waals surface area contributed by atoms with E-state index in [9.17, 15) is 4.79 Å². The van der Waals surface area contributed by atoms with Gasteiger partial charge >= 0.3 is 5.97 Å². The summed E-state index contributed by atoms with van der Waals surface area (Å²) in [5, 5.41) is 8.89. The van der Waals surface area contributed by atoms with Crippen molar-refractivity contribution in [3.05, 3.63) is 34.9 Å². The normalized spacial score (nSPS) is 8.45. The van der Waals surface area contributed by atoms with Crippen molar-refractivity contribution < 1.29 is 9.90 Å². The molecule has 0 aliphatic carbocycles. The molecule has 0 aromatic heterocycles. The minimum absolute atomic E-state index is 0. The fraction of sp³-hybridized carbons (Fsp3) is 0. The number of hydrogen-bond acceptors (Lipinski definition) is 1. The predicted molar refractivity (Wildman–Crippen MR) is 44.2 cm³/mol. The van der Waals surface area contributed by atoms with E-state index < -0.39 is 5.97 Å². The van der Waals surface area contributed by atoms with Crippen LogP contribution in [-0.4, -0.2) is 38.4 Å². The van der Waals surface area contributed by atoms with Crippen molar-refractivity contribution in [3.63, 3.8) is 0 Å². The van der Waals surface area contributed by atoms with Crippen molar-refractivity contribution in [2.75, 3.05) is 0 Å². The van der Waals surface area contributed by atoms with Crippen LogP contribution in [0.25, 0.3) is 0 Å². The molecule has 1 rings (SSSR count). The first-order chi connectivity index (χ1) is 4.70. The molecule has 4 radical (unpaired) electrons. The Labute approximate surface area is 89.3 Å². The van der Waals surface area contributed by atoms with Crippen molar-refractivity contribution >= 4 is 44.9 Å². The minimum atomic E-state index is -0.956. The molecule has 0 heterocycles. The summed E-state index contributed by atoms with van der Waals surface area (Å²) >= 11 is 5.53. The molecule has 11 heavy (non-hydrogen) atoms. The van der Waals surface area contributed by atoms with Gasteiger partial charge in [-0.2, -0.15) is 0 Å². The fourth-order valence-corrected chi connectivity index (χ4v) is 0.812. The van der Waals surface area contributed by atoms with Gasteiger partial charge in [0.15, 0.2) is 0 Å². The van der Waals surface area contributed by atoms with Crippen molar-refractivity contribution in [1.29, 1.82) is 0 Å². The standard InChI is InChI=1S/C7H5ClO2.Pb/c8-6-3-1-2-5(4-6)7(9)10;/h1-4H,(H,9,10);. The van der Waals surface area contributed by atoms with Crippen LogP contribution in [0.15, 0.2) is 24.3 Å². The summed E-state index contributed by atoms with van der Waals surface area (Å²) in [5.41, 5.74) is 0.215. The zero-order valence-electron chi connectivity index (χ0n) is 5.54. The Bertz CT molecular complexity index is 262. The molecule has 0 fully saturated rings. The molecule has 0 spiro atoms. The summed E-state index contributed by atoms with van der Waals surface area (Å²) in [6.07, 6.45) is 0. The Morgan fingerprint density at radius 1 is 1.45 bits per heavy atom. The molecule has 1 aromatic rings. The van der Waals surface area contributed by atoms with Gasteiger partial charge in [0.25, 0.3) is 0 Å². The van der Waals surface area contributed by atoms with E-state index in [0.29, 0.717) is 5.02 Å². The monoisotopic (exact) mass is 364 g/mol. The van der Waals surface area contributed by atoms with Gasteiger partial charge in [0.1, 0.15) is 0 Å². The van der Waals surface area contributed by atoms with Crippen molar-refractivity contribution in [3.8, 4) is 0 Å². The van der Waals surface area contributed by atoms with Crippen LogP contribution in [0.5, 0.6) is 0 Å². The summed E-state index contributed by atoms with van der Waals surface area (Å²) in [6, 6.07) is 6.14. The number of hydrogen-bond donors (Lipinski definition) is 1. The zero-order valence-corrected chi connectivity index (χ0v) is 10.2. The molecule has 0 unspecified atom stereocenters. The Hall–Kier alpha value is -0.0979. The van der Waals surface area contributed by atoms with Crippen molar-refractivity contribution in [2.24, 2.45) is 0 Å². The molecule has 1 aromatic carbocycles. The average Bonchev–Trinajstić information content (AvgIpc) is 1.88. The smallest absolute Gasteiger partial charge is 0.335 e. The van der Waals surface area contributed by atoms with E-state index in [0.717, 1.165) is 0 Å². The van der Waals surface area contributed by atoms with Crippen LogP contribution in [0.3, 0.4) is 0 Å². The number of halogens is 1. The van der Waals surface area contributed by atoms with Crippen LogP contribution in [0.4, 0.5) is 0 Å². The summed E-state index contributed by atoms with van der Waals surface area (Å²) in [4.78, 5) is 10.3. The molecule has 0 amide bonds. The van der Waals surface area contributed by atoms with Crippen LogP contribution in [-0.2, 0) is 0 Å². The number of carboxylic acids is 1. The van der Waals surface area contributed by atoms with E-state index in [-0.39, 0.29) is 32.9 Å². The summed E-state index contributed by atoms with van der Waals surface area (Å²) in [6.45, 7) is 0. The van der Waals surface area contributed by atoms with Crippen LogP contribution in [0, 0.1) is 0 Å². The van der Waals surface area contributed by atoms with Gasteiger partial charge in [-0.25, -0.2) is 4.79 Å². The number of rotatable bonds is 1. The maximum atomic E-state index is 10.3. The van der Waals surface area contributed by atoms with Crippen molar-refractivity contribution in [2.45, 2.75) is 0 Å². The second-order valence-electron chi connectivity index (χ2n) is 1.82. The summed E-state index contributed by atoms with van der Waals surface area (Å²) in [7, 11) is 0. The molecule has 56 valence electrons. The number of carboxylic acid groups (broad SMARTS) is 1. The molecule has 0 saturated heterocycles. The zero-order chi connectivity index (χ0) is 7.56. The van der Waals surface area contributed by atoms with Gasteiger partial charge in [-0.1, -0.05) is 17.7 Å². The van der Waals surface area contributed by atoms with E-state index in [1.54, 1.807) is 12.1 Å². The molecule has 0 saturated carbocycles. The third-order valence-corrected chi connectivity index (χ3v) is 1.31. The number of carbonyl (C=O) groups is 1. The molecule has 0 bridgehead atoms. The van der Waals surface area contributed by atoms with Crippen LogP contribution < -0.4 is 0 Å². The maximum Gasteiger partial charge on any atom is 0.335 e. The predicted octanol–water partition coefficient (Wildman–Crippen LogP) is 1.66. The molecule has 4 heteroatoms. The van der Waals surface area contributed by atoms with E-state index in [1.165, 1.54) is 12.1 Å². The molecule has 0 aliphatic heterocycles. The van der Waals surface area contributed by atoms with Crippen LogP contribution in [0.1, 0.15) is 10.4 Å². The first kappa shape index (κ1) is 10.9. The first-order valence-corrected chi connectivity index (χ1v) is 3.07. The van der Waals surface area contributed by atoms with Gasteiger partial charge in [0.2, 0.25) is 0 Å². The van der Waals surface area contributed by atoms with Gasteiger partial charge < -0.3 is 5.11 Å². The Balaban J connectivity index is 0.000001000. The molecular weight excluding hydrogens is 359 g/mol. The molecule has 2 nitrogen and oxygen atoms in total. The van der Waals surface area contributed by atoms with Gasteiger partial charge in [0, 0.05) is 32.3 Å². The Kier molecular flexibility index (Phi) is 4.67.